The van der Waals surface area contributed by atoms with E-state index in [1.807, 2.05) is 0 Å². The number of carbonyl (C=O) groups is 2. The van der Waals surface area contributed by atoms with E-state index in [2.05, 4.69) is 12.2 Å². The van der Waals surface area contributed by atoms with Crippen molar-refractivity contribution >= 4 is 11.9 Å². The molecular weight excluding hydrogens is 270 g/mol. The molecule has 0 atom stereocenters. The topological polar surface area (TPSA) is 79.5 Å². The molecule has 1 aromatic rings. The van der Waals surface area contributed by atoms with Crippen molar-refractivity contribution in [1.29, 1.82) is 0 Å². The Kier molecular flexibility index (Phi) is 5.04. The van der Waals surface area contributed by atoms with Gasteiger partial charge in [0, 0.05) is 12.1 Å². The standard InChI is InChI=1S/C16H23NO4/c1-10-3-5-12(6-4-10)8-17-16(20)15-11(2)9-21-13(15)7-14(18)19/h9-10,12H,3-8H2,1-2H3,(H,17,20)(H,18,19). The summed E-state index contributed by atoms with van der Waals surface area (Å²) in [4.78, 5) is 23.1. The predicted octanol–water partition coefficient (Wildman–Crippen LogP) is 2.77. The number of hydrogen-bond donors (Lipinski definition) is 2. The molecule has 116 valence electrons. The van der Waals surface area contributed by atoms with Crippen LogP contribution in [0.2, 0.25) is 0 Å². The normalized spacial score (nSPS) is 22.0. The van der Waals surface area contributed by atoms with Crippen LogP contribution in [0.25, 0.3) is 0 Å². The van der Waals surface area contributed by atoms with Crippen molar-refractivity contribution in [2.75, 3.05) is 6.54 Å². The van der Waals surface area contributed by atoms with Gasteiger partial charge in [0.15, 0.2) is 0 Å². The summed E-state index contributed by atoms with van der Waals surface area (Å²) in [5.74, 6) is 0.320. The van der Waals surface area contributed by atoms with Gasteiger partial charge in [-0.05, 0) is 31.6 Å². The number of carboxylic acids is 1. The molecule has 0 bridgehead atoms. The van der Waals surface area contributed by atoms with Crippen LogP contribution >= 0.6 is 0 Å². The highest BCUT2D eigenvalue weighted by Gasteiger charge is 2.23. The Balaban J connectivity index is 1.94. The molecule has 5 heteroatoms. The average molecular weight is 293 g/mol. The molecule has 0 radical (unpaired) electrons. The van der Waals surface area contributed by atoms with Crippen molar-refractivity contribution in [1.82, 2.24) is 5.32 Å². The zero-order valence-corrected chi connectivity index (χ0v) is 12.6. The van der Waals surface area contributed by atoms with Crippen LogP contribution in [0.4, 0.5) is 0 Å². The van der Waals surface area contributed by atoms with Gasteiger partial charge in [0.25, 0.3) is 5.91 Å². The lowest BCUT2D eigenvalue weighted by Gasteiger charge is -2.26. The van der Waals surface area contributed by atoms with Gasteiger partial charge in [-0.3, -0.25) is 9.59 Å². The Bertz CT molecular complexity index is 512. The van der Waals surface area contributed by atoms with E-state index in [9.17, 15) is 9.59 Å². The van der Waals surface area contributed by atoms with Crippen molar-refractivity contribution < 1.29 is 19.1 Å². The lowest BCUT2D eigenvalue weighted by atomic mass is 9.83. The van der Waals surface area contributed by atoms with Gasteiger partial charge in [0.1, 0.15) is 12.2 Å². The Morgan fingerprint density at radius 2 is 2.00 bits per heavy atom. The number of nitrogens with one attached hydrogen (secondary N) is 1. The summed E-state index contributed by atoms with van der Waals surface area (Å²) in [6.45, 7) is 4.68. The minimum absolute atomic E-state index is 0.226. The second-order valence-electron chi connectivity index (χ2n) is 6.12. The van der Waals surface area contributed by atoms with Crippen molar-refractivity contribution in [3.05, 3.63) is 23.2 Å². The molecule has 2 rings (SSSR count). The zero-order chi connectivity index (χ0) is 15.4. The molecular formula is C16H23NO4. The predicted molar refractivity (Wildman–Crippen MR) is 78.2 cm³/mol. The monoisotopic (exact) mass is 293 g/mol. The van der Waals surface area contributed by atoms with E-state index in [0.717, 1.165) is 18.8 Å². The highest BCUT2D eigenvalue weighted by molar-refractivity contribution is 5.97. The fourth-order valence-electron chi connectivity index (χ4n) is 2.93. The molecule has 21 heavy (non-hydrogen) atoms. The third-order valence-electron chi connectivity index (χ3n) is 4.28. The highest BCUT2D eigenvalue weighted by Crippen LogP contribution is 2.27. The van der Waals surface area contributed by atoms with Crippen molar-refractivity contribution in [3.63, 3.8) is 0 Å². The smallest absolute Gasteiger partial charge is 0.311 e. The second kappa shape index (κ2) is 6.78. The first kappa shape index (κ1) is 15.6. The molecule has 5 nitrogen and oxygen atoms in total. The maximum absolute atomic E-state index is 12.3. The van der Waals surface area contributed by atoms with Gasteiger partial charge in [-0.1, -0.05) is 19.8 Å². The number of carboxylic acid groups (broad SMARTS) is 1. The summed E-state index contributed by atoms with van der Waals surface area (Å²) in [7, 11) is 0. The first-order valence-electron chi connectivity index (χ1n) is 7.54. The lowest BCUT2D eigenvalue weighted by Crippen LogP contribution is -2.31. The number of furan rings is 1. The number of amides is 1. The van der Waals surface area contributed by atoms with E-state index in [4.69, 9.17) is 9.52 Å². The molecule has 0 unspecified atom stereocenters. The Hall–Kier alpha value is -1.78. The van der Waals surface area contributed by atoms with Gasteiger partial charge >= 0.3 is 5.97 Å². The summed E-state index contributed by atoms with van der Waals surface area (Å²) in [5.41, 5.74) is 1.06. The van der Waals surface area contributed by atoms with E-state index in [1.54, 1.807) is 6.92 Å². The second-order valence-corrected chi connectivity index (χ2v) is 6.12. The average Bonchev–Trinajstić information content (AvgIpc) is 2.78. The zero-order valence-electron chi connectivity index (χ0n) is 12.6. The van der Waals surface area contributed by atoms with E-state index < -0.39 is 5.97 Å². The van der Waals surface area contributed by atoms with Crippen LogP contribution in [0.1, 0.15) is 54.3 Å². The molecule has 0 aromatic carbocycles. The Labute approximate surface area is 124 Å². The van der Waals surface area contributed by atoms with E-state index in [-0.39, 0.29) is 18.1 Å². The molecule has 1 aromatic heterocycles. The summed E-state index contributed by atoms with van der Waals surface area (Å²) >= 11 is 0. The third kappa shape index (κ3) is 4.09. The lowest BCUT2D eigenvalue weighted by molar-refractivity contribution is -0.136. The van der Waals surface area contributed by atoms with Crippen LogP contribution in [-0.2, 0) is 11.2 Å². The van der Waals surface area contributed by atoms with Gasteiger partial charge in [-0.15, -0.1) is 0 Å². The fourth-order valence-corrected chi connectivity index (χ4v) is 2.93. The first-order chi connectivity index (χ1) is 9.97. The number of rotatable bonds is 5. The van der Waals surface area contributed by atoms with Gasteiger partial charge in [-0.2, -0.15) is 0 Å². The van der Waals surface area contributed by atoms with Crippen LogP contribution < -0.4 is 5.32 Å². The molecule has 1 aliphatic rings. The third-order valence-corrected chi connectivity index (χ3v) is 4.28. The quantitative estimate of drug-likeness (QED) is 0.875. The fraction of sp³-hybridized carbons (Fsp3) is 0.625. The van der Waals surface area contributed by atoms with Gasteiger partial charge < -0.3 is 14.8 Å². The minimum Gasteiger partial charge on any atom is -0.481 e. The Morgan fingerprint density at radius 1 is 1.33 bits per heavy atom. The van der Waals surface area contributed by atoms with E-state index >= 15 is 0 Å². The van der Waals surface area contributed by atoms with Crippen LogP contribution in [0.15, 0.2) is 10.7 Å². The van der Waals surface area contributed by atoms with Gasteiger partial charge in [0.05, 0.1) is 11.8 Å². The van der Waals surface area contributed by atoms with Crippen LogP contribution in [-0.4, -0.2) is 23.5 Å². The molecule has 0 aliphatic heterocycles. The van der Waals surface area contributed by atoms with Crippen molar-refractivity contribution in [3.8, 4) is 0 Å². The molecule has 1 aliphatic carbocycles. The number of aliphatic carboxylic acids is 1. The molecule has 0 saturated heterocycles. The highest BCUT2D eigenvalue weighted by atomic mass is 16.4. The maximum Gasteiger partial charge on any atom is 0.311 e. The van der Waals surface area contributed by atoms with Crippen LogP contribution in [0.3, 0.4) is 0 Å². The van der Waals surface area contributed by atoms with Crippen molar-refractivity contribution in [2.45, 2.75) is 46.0 Å². The minimum atomic E-state index is -1.00. The summed E-state index contributed by atoms with van der Waals surface area (Å²) in [6.07, 6.45) is 5.90. The molecule has 1 heterocycles. The number of aryl methyl sites for hydroxylation is 1. The molecule has 1 saturated carbocycles. The van der Waals surface area contributed by atoms with Gasteiger partial charge in [-0.25, -0.2) is 0 Å². The van der Waals surface area contributed by atoms with Crippen molar-refractivity contribution in [2.24, 2.45) is 11.8 Å². The van der Waals surface area contributed by atoms with Crippen LogP contribution in [0.5, 0.6) is 0 Å². The van der Waals surface area contributed by atoms with Gasteiger partial charge in [0.2, 0.25) is 0 Å². The SMILES string of the molecule is Cc1coc(CC(=O)O)c1C(=O)NCC1CCC(C)CC1. The molecule has 2 N–H and O–H groups in total. The first-order valence-corrected chi connectivity index (χ1v) is 7.54. The maximum atomic E-state index is 12.3. The number of hydrogen-bond acceptors (Lipinski definition) is 3. The van der Waals surface area contributed by atoms with Crippen LogP contribution in [0, 0.1) is 18.8 Å². The molecule has 0 spiro atoms. The molecule has 1 fully saturated rings. The summed E-state index contributed by atoms with van der Waals surface area (Å²) in [5, 5.41) is 11.8. The summed E-state index contributed by atoms with van der Waals surface area (Å²) < 4.78 is 5.19. The largest absolute Gasteiger partial charge is 0.481 e. The van der Waals surface area contributed by atoms with E-state index in [1.165, 1.54) is 19.1 Å². The van der Waals surface area contributed by atoms with E-state index in [0.29, 0.717) is 23.6 Å². The number of carbonyl (C=O) groups excluding carboxylic acids is 1. The molecule has 1 amide bonds. The summed E-state index contributed by atoms with van der Waals surface area (Å²) in [6, 6.07) is 0. The Morgan fingerprint density at radius 3 is 2.62 bits per heavy atom.